The molecule has 1 saturated carbocycles. The van der Waals surface area contributed by atoms with Gasteiger partial charge in [-0.25, -0.2) is 9.59 Å². The zero-order chi connectivity index (χ0) is 20.8. The Bertz CT molecular complexity index is 888. The number of carbonyl (C=O) groups is 3. The van der Waals surface area contributed by atoms with E-state index in [-0.39, 0.29) is 23.3 Å². The molecule has 7 nitrogen and oxygen atoms in total. The average Bonchev–Trinajstić information content (AvgIpc) is 3.05. The van der Waals surface area contributed by atoms with Crippen molar-refractivity contribution in [3.8, 4) is 0 Å². The standard InChI is InChI=1S/C21H24N2O5S/c1-3-27-20(25)16-13(2)17(21(26)28-15-9-5-4-6-10-15)29-19(16)23-18(24)14-8-7-11-22-12-14/h7-8,11-12,15H,3-6,9-10H2,1-2H3,(H,23,24). The van der Waals surface area contributed by atoms with Crippen molar-refractivity contribution in [2.75, 3.05) is 11.9 Å². The maximum Gasteiger partial charge on any atom is 0.348 e. The summed E-state index contributed by atoms with van der Waals surface area (Å²) in [5.74, 6) is -1.47. The third kappa shape index (κ3) is 5.00. The first-order chi connectivity index (χ1) is 14.0. The van der Waals surface area contributed by atoms with Gasteiger partial charge >= 0.3 is 11.9 Å². The molecule has 0 radical (unpaired) electrons. The van der Waals surface area contributed by atoms with Gasteiger partial charge in [0.2, 0.25) is 0 Å². The van der Waals surface area contributed by atoms with E-state index < -0.39 is 17.8 Å². The Labute approximate surface area is 173 Å². The summed E-state index contributed by atoms with van der Waals surface area (Å²) >= 11 is 1.03. The zero-order valence-electron chi connectivity index (χ0n) is 16.5. The number of pyridine rings is 1. The summed E-state index contributed by atoms with van der Waals surface area (Å²) in [6, 6.07) is 3.26. The van der Waals surface area contributed by atoms with Crippen LogP contribution in [0, 0.1) is 6.92 Å². The molecule has 1 aliphatic rings. The van der Waals surface area contributed by atoms with Crippen LogP contribution in [0.15, 0.2) is 24.5 Å². The lowest BCUT2D eigenvalue weighted by Crippen LogP contribution is -2.21. The lowest BCUT2D eigenvalue weighted by atomic mass is 9.98. The number of ether oxygens (including phenoxy) is 2. The van der Waals surface area contributed by atoms with Crippen LogP contribution in [-0.4, -0.2) is 35.5 Å². The second-order valence-electron chi connectivity index (χ2n) is 6.84. The van der Waals surface area contributed by atoms with Crippen LogP contribution in [0.4, 0.5) is 5.00 Å². The minimum atomic E-state index is -0.584. The quantitative estimate of drug-likeness (QED) is 0.703. The molecule has 0 atom stereocenters. The van der Waals surface area contributed by atoms with Gasteiger partial charge in [-0.3, -0.25) is 9.78 Å². The molecule has 2 heterocycles. The number of esters is 2. The molecule has 0 aliphatic heterocycles. The van der Waals surface area contributed by atoms with Gasteiger partial charge in [-0.05, 0) is 57.2 Å². The van der Waals surface area contributed by atoms with Crippen molar-refractivity contribution in [2.24, 2.45) is 0 Å². The van der Waals surface area contributed by atoms with Crippen LogP contribution in [0.2, 0.25) is 0 Å². The van der Waals surface area contributed by atoms with Gasteiger partial charge in [0, 0.05) is 12.4 Å². The number of nitrogens with zero attached hydrogens (tertiary/aromatic N) is 1. The number of hydrogen-bond acceptors (Lipinski definition) is 7. The molecule has 1 amide bonds. The fourth-order valence-corrected chi connectivity index (χ4v) is 4.38. The van der Waals surface area contributed by atoms with Crippen molar-refractivity contribution in [1.29, 1.82) is 0 Å². The lowest BCUT2D eigenvalue weighted by molar-refractivity contribution is 0.0216. The number of nitrogens with one attached hydrogen (secondary N) is 1. The van der Waals surface area contributed by atoms with Crippen LogP contribution in [0.3, 0.4) is 0 Å². The van der Waals surface area contributed by atoms with Crippen molar-refractivity contribution < 1.29 is 23.9 Å². The van der Waals surface area contributed by atoms with E-state index in [1.807, 2.05) is 0 Å². The summed E-state index contributed by atoms with van der Waals surface area (Å²) in [6.07, 6.45) is 7.84. The molecule has 1 fully saturated rings. The second kappa shape index (κ2) is 9.65. The van der Waals surface area contributed by atoms with Crippen molar-refractivity contribution >= 4 is 34.2 Å². The Kier molecular flexibility index (Phi) is 6.98. The number of rotatable bonds is 6. The Morgan fingerprint density at radius 1 is 1.21 bits per heavy atom. The summed E-state index contributed by atoms with van der Waals surface area (Å²) in [7, 11) is 0. The van der Waals surface area contributed by atoms with Gasteiger partial charge in [-0.1, -0.05) is 6.42 Å². The van der Waals surface area contributed by atoms with Gasteiger partial charge in [0.25, 0.3) is 5.91 Å². The third-order valence-corrected chi connectivity index (χ3v) is 5.98. The molecule has 29 heavy (non-hydrogen) atoms. The molecule has 0 spiro atoms. The number of amides is 1. The van der Waals surface area contributed by atoms with E-state index >= 15 is 0 Å². The highest BCUT2D eigenvalue weighted by Gasteiger charge is 2.29. The van der Waals surface area contributed by atoms with Gasteiger partial charge in [-0.15, -0.1) is 11.3 Å². The van der Waals surface area contributed by atoms with Gasteiger partial charge in [0.1, 0.15) is 16.0 Å². The maximum atomic E-state index is 12.7. The highest BCUT2D eigenvalue weighted by Crippen LogP contribution is 2.35. The molecule has 0 unspecified atom stereocenters. The van der Waals surface area contributed by atoms with E-state index in [1.165, 1.54) is 6.20 Å². The molecule has 1 N–H and O–H groups in total. The van der Waals surface area contributed by atoms with Crippen LogP contribution < -0.4 is 5.32 Å². The van der Waals surface area contributed by atoms with Gasteiger partial charge in [-0.2, -0.15) is 0 Å². The van der Waals surface area contributed by atoms with Crippen LogP contribution >= 0.6 is 11.3 Å². The van der Waals surface area contributed by atoms with Crippen LogP contribution in [0.5, 0.6) is 0 Å². The molecule has 3 rings (SSSR count). The lowest BCUT2D eigenvalue weighted by Gasteiger charge is -2.21. The second-order valence-corrected chi connectivity index (χ2v) is 7.86. The van der Waals surface area contributed by atoms with E-state index in [0.29, 0.717) is 16.0 Å². The Morgan fingerprint density at radius 2 is 1.97 bits per heavy atom. The predicted molar refractivity (Wildman–Crippen MR) is 109 cm³/mol. The molecule has 2 aromatic rings. The summed E-state index contributed by atoms with van der Waals surface area (Å²) in [5.41, 5.74) is 0.986. The SMILES string of the molecule is CCOC(=O)c1c(NC(=O)c2cccnc2)sc(C(=O)OC2CCCCC2)c1C. The highest BCUT2D eigenvalue weighted by molar-refractivity contribution is 7.18. The normalized spacial score (nSPS) is 14.3. The summed E-state index contributed by atoms with van der Waals surface area (Å²) in [5, 5.41) is 2.99. The number of anilines is 1. The fourth-order valence-electron chi connectivity index (χ4n) is 3.31. The number of carbonyl (C=O) groups excluding carboxylic acids is 3. The molecule has 2 aromatic heterocycles. The van der Waals surface area contributed by atoms with Gasteiger partial charge < -0.3 is 14.8 Å². The summed E-state index contributed by atoms with van der Waals surface area (Å²) in [6.45, 7) is 3.55. The van der Waals surface area contributed by atoms with Gasteiger partial charge in [0.05, 0.1) is 17.7 Å². The zero-order valence-corrected chi connectivity index (χ0v) is 17.3. The third-order valence-electron chi connectivity index (χ3n) is 4.79. The minimum absolute atomic E-state index is 0.0998. The number of aromatic nitrogens is 1. The highest BCUT2D eigenvalue weighted by atomic mass is 32.1. The summed E-state index contributed by atoms with van der Waals surface area (Å²) in [4.78, 5) is 42.0. The van der Waals surface area contributed by atoms with Crippen molar-refractivity contribution in [3.63, 3.8) is 0 Å². The van der Waals surface area contributed by atoms with Gasteiger partial charge in [0.15, 0.2) is 0 Å². The van der Waals surface area contributed by atoms with E-state index in [9.17, 15) is 14.4 Å². The first kappa shape index (κ1) is 21.0. The van der Waals surface area contributed by atoms with Crippen molar-refractivity contribution in [1.82, 2.24) is 4.98 Å². The van der Waals surface area contributed by atoms with Crippen LogP contribution in [0.25, 0.3) is 0 Å². The molecule has 0 aromatic carbocycles. The molecule has 1 aliphatic carbocycles. The molecule has 8 heteroatoms. The number of hydrogen-bond donors (Lipinski definition) is 1. The van der Waals surface area contributed by atoms with E-state index in [0.717, 1.165) is 43.4 Å². The van der Waals surface area contributed by atoms with E-state index in [2.05, 4.69) is 10.3 Å². The summed E-state index contributed by atoms with van der Waals surface area (Å²) < 4.78 is 10.8. The van der Waals surface area contributed by atoms with Crippen LogP contribution in [0.1, 0.15) is 75.0 Å². The predicted octanol–water partition coefficient (Wildman–Crippen LogP) is 4.37. The van der Waals surface area contributed by atoms with Crippen molar-refractivity contribution in [3.05, 3.63) is 46.1 Å². The molecule has 0 saturated heterocycles. The maximum absolute atomic E-state index is 12.7. The Morgan fingerprint density at radius 3 is 2.62 bits per heavy atom. The fraction of sp³-hybridized carbons (Fsp3) is 0.429. The van der Waals surface area contributed by atoms with E-state index in [1.54, 1.807) is 32.2 Å². The Hall–Kier alpha value is -2.74. The smallest absolute Gasteiger partial charge is 0.348 e. The first-order valence-electron chi connectivity index (χ1n) is 9.74. The number of thiophene rings is 1. The monoisotopic (exact) mass is 416 g/mol. The topological polar surface area (TPSA) is 94.6 Å². The molecule has 0 bridgehead atoms. The minimum Gasteiger partial charge on any atom is -0.462 e. The van der Waals surface area contributed by atoms with Crippen molar-refractivity contribution in [2.45, 2.75) is 52.1 Å². The Balaban J connectivity index is 1.87. The average molecular weight is 416 g/mol. The van der Waals surface area contributed by atoms with E-state index in [4.69, 9.17) is 9.47 Å². The first-order valence-corrected chi connectivity index (χ1v) is 10.6. The largest absolute Gasteiger partial charge is 0.462 e. The van der Waals surface area contributed by atoms with Crippen LogP contribution in [-0.2, 0) is 9.47 Å². The molecular weight excluding hydrogens is 392 g/mol. The molecular formula is C21H24N2O5S. The molecule has 154 valence electrons.